The number of carbonyl (C=O) groups excluding carboxylic acids is 2. The number of aromatic amines is 1. The topological polar surface area (TPSA) is 82.2 Å². The molecule has 130 valence electrons. The summed E-state index contributed by atoms with van der Waals surface area (Å²) < 4.78 is 0. The van der Waals surface area contributed by atoms with Gasteiger partial charge >= 0.3 is 0 Å². The number of rotatable bonds is 2. The molecule has 5 rings (SSSR count). The first-order valence-electron chi connectivity index (χ1n) is 8.81. The third kappa shape index (κ3) is 2.06. The van der Waals surface area contributed by atoms with Crippen LogP contribution in [0.1, 0.15) is 40.0 Å². The van der Waals surface area contributed by atoms with Crippen LogP contribution >= 0.6 is 0 Å². The molecule has 1 saturated heterocycles. The maximum absolute atomic E-state index is 13.0. The minimum absolute atomic E-state index is 0.211. The molecule has 7 nitrogen and oxygen atoms in total. The highest BCUT2D eigenvalue weighted by Crippen LogP contribution is 2.37. The average molecular weight is 347 g/mol. The summed E-state index contributed by atoms with van der Waals surface area (Å²) in [5.74, 6) is -0.515. The van der Waals surface area contributed by atoms with Crippen molar-refractivity contribution in [2.45, 2.75) is 19.3 Å². The second kappa shape index (κ2) is 5.66. The molecule has 2 amide bonds. The lowest BCUT2D eigenvalue weighted by atomic mass is 9.92. The van der Waals surface area contributed by atoms with Crippen molar-refractivity contribution in [3.8, 4) is 0 Å². The molecule has 0 radical (unpaired) electrons. The van der Waals surface area contributed by atoms with E-state index in [1.165, 1.54) is 25.5 Å². The minimum atomic E-state index is -0.363. The van der Waals surface area contributed by atoms with Crippen LogP contribution in [0.2, 0.25) is 0 Å². The van der Waals surface area contributed by atoms with Crippen LogP contribution in [0.25, 0.3) is 10.8 Å². The molecule has 0 unspecified atom stereocenters. The van der Waals surface area contributed by atoms with Gasteiger partial charge in [-0.2, -0.15) is 10.3 Å². The Balaban J connectivity index is 1.71. The number of nitrogens with zero attached hydrogens (tertiary/aromatic N) is 4. The molecular formula is C19H17N5O2. The zero-order valence-electron chi connectivity index (χ0n) is 14.1. The number of imide groups is 1. The lowest BCUT2D eigenvalue weighted by Gasteiger charge is -2.32. The van der Waals surface area contributed by atoms with Crippen LogP contribution < -0.4 is 9.80 Å². The van der Waals surface area contributed by atoms with Crippen LogP contribution in [0.15, 0.2) is 36.5 Å². The summed E-state index contributed by atoms with van der Waals surface area (Å²) >= 11 is 0. The molecule has 0 saturated carbocycles. The molecule has 0 bridgehead atoms. The van der Waals surface area contributed by atoms with E-state index >= 15 is 0 Å². The largest absolute Gasteiger partial charge is 0.371 e. The van der Waals surface area contributed by atoms with E-state index < -0.39 is 0 Å². The first kappa shape index (κ1) is 15.1. The Bertz CT molecular complexity index is 1000. The smallest absolute Gasteiger partial charge is 0.267 e. The number of carbonyl (C=O) groups is 2. The predicted octanol–water partition coefficient (Wildman–Crippen LogP) is 2.75. The average Bonchev–Trinajstić information content (AvgIpc) is 3.21. The van der Waals surface area contributed by atoms with Crippen molar-refractivity contribution < 1.29 is 9.59 Å². The zero-order chi connectivity index (χ0) is 17.7. The molecule has 2 aliphatic heterocycles. The Hall–Kier alpha value is -3.22. The summed E-state index contributed by atoms with van der Waals surface area (Å²) in [6.07, 6.45) is 4.96. The van der Waals surface area contributed by atoms with Gasteiger partial charge in [-0.3, -0.25) is 9.59 Å². The van der Waals surface area contributed by atoms with Gasteiger partial charge in [-0.05, 0) is 37.5 Å². The van der Waals surface area contributed by atoms with Gasteiger partial charge in [0.25, 0.3) is 11.8 Å². The Labute approximate surface area is 149 Å². The van der Waals surface area contributed by atoms with Crippen LogP contribution in [0.5, 0.6) is 0 Å². The van der Waals surface area contributed by atoms with E-state index in [2.05, 4.69) is 20.3 Å². The molecule has 0 aliphatic carbocycles. The SMILES string of the molecule is O=C1c2cccc3c(N4CCCCC4)ccc(c23)C(=O)N1c1cn[nH]n1. The van der Waals surface area contributed by atoms with Crippen molar-refractivity contribution in [1.29, 1.82) is 0 Å². The molecular weight excluding hydrogens is 330 g/mol. The molecule has 1 aromatic heterocycles. The van der Waals surface area contributed by atoms with Crippen LogP contribution in [-0.2, 0) is 0 Å². The van der Waals surface area contributed by atoms with E-state index in [0.29, 0.717) is 11.1 Å². The van der Waals surface area contributed by atoms with Crippen LogP contribution in [0.4, 0.5) is 11.5 Å². The van der Waals surface area contributed by atoms with Crippen molar-refractivity contribution >= 4 is 34.1 Å². The maximum Gasteiger partial charge on any atom is 0.267 e. The normalized spacial score (nSPS) is 17.2. The van der Waals surface area contributed by atoms with Gasteiger partial charge in [-0.25, -0.2) is 4.90 Å². The Kier molecular flexibility index (Phi) is 3.28. The number of hydrogen-bond donors (Lipinski definition) is 1. The molecule has 2 aliphatic rings. The molecule has 3 aromatic rings. The third-order valence-corrected chi connectivity index (χ3v) is 5.21. The number of piperidine rings is 1. The van der Waals surface area contributed by atoms with E-state index in [0.717, 1.165) is 34.4 Å². The summed E-state index contributed by atoms with van der Waals surface area (Å²) in [5, 5.41) is 11.8. The molecule has 26 heavy (non-hydrogen) atoms. The third-order valence-electron chi connectivity index (χ3n) is 5.21. The highest BCUT2D eigenvalue weighted by molar-refractivity contribution is 6.36. The fraction of sp³-hybridized carbons (Fsp3) is 0.263. The van der Waals surface area contributed by atoms with Gasteiger partial charge in [0.15, 0.2) is 5.82 Å². The number of nitrogens with one attached hydrogen (secondary N) is 1. The predicted molar refractivity (Wildman–Crippen MR) is 97.5 cm³/mol. The van der Waals surface area contributed by atoms with E-state index in [1.807, 2.05) is 24.3 Å². The summed E-state index contributed by atoms with van der Waals surface area (Å²) in [6, 6.07) is 9.48. The van der Waals surface area contributed by atoms with Gasteiger partial charge in [0, 0.05) is 40.7 Å². The summed E-state index contributed by atoms with van der Waals surface area (Å²) in [5.41, 5.74) is 2.15. The fourth-order valence-corrected chi connectivity index (χ4v) is 4.00. The second-order valence-corrected chi connectivity index (χ2v) is 6.68. The van der Waals surface area contributed by atoms with Gasteiger partial charge in [-0.1, -0.05) is 12.1 Å². The standard InChI is InChI=1S/C19H17N5O2/c25-18-13-6-4-5-12-15(23-9-2-1-3-10-23)8-7-14(17(12)13)19(26)24(18)16-11-20-22-21-16/h4-8,11H,1-3,9-10H2,(H,20,21,22). The number of amides is 2. The monoisotopic (exact) mass is 347 g/mol. The second-order valence-electron chi connectivity index (χ2n) is 6.68. The fourth-order valence-electron chi connectivity index (χ4n) is 4.00. The van der Waals surface area contributed by atoms with Crippen molar-refractivity contribution in [2.24, 2.45) is 0 Å². The van der Waals surface area contributed by atoms with Gasteiger partial charge in [-0.15, -0.1) is 5.10 Å². The molecule has 2 aromatic carbocycles. The molecule has 0 atom stereocenters. The molecule has 7 heteroatoms. The lowest BCUT2D eigenvalue weighted by Crippen LogP contribution is -2.41. The van der Waals surface area contributed by atoms with Gasteiger partial charge in [0.05, 0.1) is 6.20 Å². The van der Waals surface area contributed by atoms with E-state index in [4.69, 9.17) is 0 Å². The molecule has 1 fully saturated rings. The highest BCUT2D eigenvalue weighted by Gasteiger charge is 2.36. The van der Waals surface area contributed by atoms with Crippen molar-refractivity contribution in [3.63, 3.8) is 0 Å². The Morgan fingerprint density at radius 2 is 1.69 bits per heavy atom. The molecule has 3 heterocycles. The summed E-state index contributed by atoms with van der Waals surface area (Å²) in [6.45, 7) is 2.01. The number of benzene rings is 2. The van der Waals surface area contributed by atoms with Crippen molar-refractivity contribution in [3.05, 3.63) is 47.7 Å². The lowest BCUT2D eigenvalue weighted by molar-refractivity contribution is 0.0892. The number of hydrogen-bond acceptors (Lipinski definition) is 5. The summed E-state index contributed by atoms with van der Waals surface area (Å²) in [4.78, 5) is 29.5. The van der Waals surface area contributed by atoms with Gasteiger partial charge < -0.3 is 4.90 Å². The quantitative estimate of drug-likeness (QED) is 0.721. The van der Waals surface area contributed by atoms with Crippen molar-refractivity contribution in [2.75, 3.05) is 22.9 Å². The minimum Gasteiger partial charge on any atom is -0.371 e. The Morgan fingerprint density at radius 1 is 0.923 bits per heavy atom. The first-order chi connectivity index (χ1) is 12.8. The highest BCUT2D eigenvalue weighted by atomic mass is 16.2. The zero-order valence-corrected chi connectivity index (χ0v) is 14.1. The first-order valence-corrected chi connectivity index (χ1v) is 8.81. The maximum atomic E-state index is 13.0. The summed E-state index contributed by atoms with van der Waals surface area (Å²) in [7, 11) is 0. The number of anilines is 2. The van der Waals surface area contributed by atoms with Gasteiger partial charge in [0.2, 0.25) is 0 Å². The van der Waals surface area contributed by atoms with E-state index in [9.17, 15) is 9.59 Å². The Morgan fingerprint density at radius 3 is 2.42 bits per heavy atom. The van der Waals surface area contributed by atoms with E-state index in [1.54, 1.807) is 6.07 Å². The van der Waals surface area contributed by atoms with E-state index in [-0.39, 0.29) is 17.6 Å². The van der Waals surface area contributed by atoms with Crippen LogP contribution in [0, 0.1) is 0 Å². The molecule has 1 N–H and O–H groups in total. The number of aromatic nitrogens is 3. The van der Waals surface area contributed by atoms with Crippen molar-refractivity contribution in [1.82, 2.24) is 15.4 Å². The van der Waals surface area contributed by atoms with Gasteiger partial charge in [0.1, 0.15) is 0 Å². The number of H-pyrrole nitrogens is 1. The van der Waals surface area contributed by atoms with Crippen LogP contribution in [-0.4, -0.2) is 40.3 Å². The molecule has 0 spiro atoms. The van der Waals surface area contributed by atoms with Crippen LogP contribution in [0.3, 0.4) is 0 Å².